The van der Waals surface area contributed by atoms with Crippen LogP contribution < -0.4 is 15.4 Å². The van der Waals surface area contributed by atoms with Gasteiger partial charge in [-0.05, 0) is 18.8 Å². The summed E-state index contributed by atoms with van der Waals surface area (Å²) in [6, 6.07) is 0. The van der Waals surface area contributed by atoms with E-state index in [0.717, 1.165) is 12.8 Å². The summed E-state index contributed by atoms with van der Waals surface area (Å²) in [5.41, 5.74) is 6.07. The maximum atomic E-state index is 15.0. The van der Waals surface area contributed by atoms with E-state index in [0.29, 0.717) is 43.7 Å². The number of hydrogen-bond acceptors (Lipinski definition) is 8. The van der Waals surface area contributed by atoms with E-state index >= 15 is 4.39 Å². The Morgan fingerprint density at radius 3 is 2.54 bits per heavy atom. The number of morpholine rings is 1. The Morgan fingerprint density at radius 2 is 1.88 bits per heavy atom. The molecule has 4 rings (SSSR count). The molecule has 0 spiro atoms. The smallest absolute Gasteiger partial charge is 0.256 e. The van der Waals surface area contributed by atoms with Crippen molar-refractivity contribution in [3.8, 4) is 17.1 Å². The molecular formula is C17H21FN6O2. The van der Waals surface area contributed by atoms with Gasteiger partial charge in [0.2, 0.25) is 17.7 Å². The second-order valence-corrected chi connectivity index (χ2v) is 6.74. The van der Waals surface area contributed by atoms with Crippen molar-refractivity contribution >= 4 is 11.9 Å². The third kappa shape index (κ3) is 3.39. The molecule has 2 fully saturated rings. The Kier molecular flexibility index (Phi) is 4.54. The number of nitrogens with two attached hydrogens (primary N) is 1. The van der Waals surface area contributed by atoms with Crippen molar-refractivity contribution in [2.75, 3.05) is 36.9 Å². The third-order valence-corrected chi connectivity index (χ3v) is 4.66. The van der Waals surface area contributed by atoms with Gasteiger partial charge in [-0.15, -0.1) is 0 Å². The molecule has 1 aliphatic carbocycles. The molecule has 1 aliphatic heterocycles. The van der Waals surface area contributed by atoms with E-state index in [2.05, 4.69) is 26.9 Å². The molecule has 26 heavy (non-hydrogen) atoms. The van der Waals surface area contributed by atoms with Gasteiger partial charge in [-0.25, -0.2) is 15.0 Å². The normalized spacial score (nSPS) is 22.8. The first-order valence-corrected chi connectivity index (χ1v) is 8.75. The maximum Gasteiger partial charge on any atom is 0.256 e. The van der Waals surface area contributed by atoms with Crippen molar-refractivity contribution in [1.29, 1.82) is 0 Å². The van der Waals surface area contributed by atoms with Crippen LogP contribution in [0.25, 0.3) is 11.3 Å². The largest absolute Gasteiger partial charge is 0.472 e. The van der Waals surface area contributed by atoms with Gasteiger partial charge in [-0.2, -0.15) is 9.37 Å². The highest BCUT2D eigenvalue weighted by Crippen LogP contribution is 2.34. The fraction of sp³-hybridized carbons (Fsp3) is 0.529. The summed E-state index contributed by atoms with van der Waals surface area (Å²) in [5, 5.41) is 0. The molecule has 138 valence electrons. The molecule has 2 aromatic rings. The standard InChI is InChI=1S/C17H21FN6O2/c1-10-6-12(7-10)26-15-13(18)14(11-8-20-16(19)21-9-11)22-17(23-15)24-2-4-25-5-3-24/h8-10,12H,2-7H2,1H3,(H2,19,20,21). The lowest BCUT2D eigenvalue weighted by Gasteiger charge is -2.33. The minimum Gasteiger partial charge on any atom is -0.472 e. The van der Waals surface area contributed by atoms with Crippen molar-refractivity contribution in [2.45, 2.75) is 25.9 Å². The predicted molar refractivity (Wildman–Crippen MR) is 93.3 cm³/mol. The monoisotopic (exact) mass is 360 g/mol. The first-order valence-electron chi connectivity index (χ1n) is 8.75. The van der Waals surface area contributed by atoms with Crippen LogP contribution in [0.4, 0.5) is 16.3 Å². The van der Waals surface area contributed by atoms with Gasteiger partial charge < -0.3 is 20.1 Å². The lowest BCUT2D eigenvalue weighted by molar-refractivity contribution is 0.0652. The highest BCUT2D eigenvalue weighted by molar-refractivity contribution is 5.61. The van der Waals surface area contributed by atoms with Gasteiger partial charge in [-0.1, -0.05) is 6.92 Å². The second-order valence-electron chi connectivity index (χ2n) is 6.74. The van der Waals surface area contributed by atoms with Crippen LogP contribution in [0, 0.1) is 11.7 Å². The molecule has 1 saturated heterocycles. The number of nitrogen functional groups attached to an aromatic ring is 1. The van der Waals surface area contributed by atoms with Crippen LogP contribution in [0.15, 0.2) is 12.4 Å². The zero-order valence-corrected chi connectivity index (χ0v) is 14.6. The summed E-state index contributed by atoms with van der Waals surface area (Å²) in [6.07, 6.45) is 4.69. The van der Waals surface area contributed by atoms with Crippen LogP contribution >= 0.6 is 0 Å². The third-order valence-electron chi connectivity index (χ3n) is 4.66. The number of halogens is 1. The number of ether oxygens (including phenoxy) is 2. The number of rotatable bonds is 4. The number of hydrogen-bond donors (Lipinski definition) is 1. The summed E-state index contributed by atoms with van der Waals surface area (Å²) in [4.78, 5) is 18.6. The molecule has 0 amide bonds. The van der Waals surface area contributed by atoms with Gasteiger partial charge in [-0.3, -0.25) is 0 Å². The Bertz CT molecular complexity index is 776. The molecule has 2 aliphatic rings. The van der Waals surface area contributed by atoms with Gasteiger partial charge >= 0.3 is 0 Å². The van der Waals surface area contributed by atoms with Crippen LogP contribution in [0.5, 0.6) is 5.88 Å². The van der Waals surface area contributed by atoms with Gasteiger partial charge in [0.15, 0.2) is 0 Å². The fourth-order valence-corrected chi connectivity index (χ4v) is 3.13. The highest BCUT2D eigenvalue weighted by Gasteiger charge is 2.30. The lowest BCUT2D eigenvalue weighted by atomic mass is 9.84. The summed E-state index contributed by atoms with van der Waals surface area (Å²) in [7, 11) is 0. The lowest BCUT2D eigenvalue weighted by Crippen LogP contribution is -2.38. The average Bonchev–Trinajstić information content (AvgIpc) is 2.63. The SMILES string of the molecule is CC1CC(Oc2nc(N3CCOCC3)nc(-c3cnc(N)nc3)c2F)C1. The molecule has 0 bridgehead atoms. The van der Waals surface area contributed by atoms with Gasteiger partial charge in [0.1, 0.15) is 11.8 Å². The van der Waals surface area contributed by atoms with Gasteiger partial charge in [0.25, 0.3) is 5.88 Å². The van der Waals surface area contributed by atoms with Crippen LogP contribution in [0.1, 0.15) is 19.8 Å². The predicted octanol–water partition coefficient (Wildman–Crippen LogP) is 1.67. The quantitative estimate of drug-likeness (QED) is 0.879. The van der Waals surface area contributed by atoms with Gasteiger partial charge in [0, 0.05) is 31.0 Å². The van der Waals surface area contributed by atoms with Gasteiger partial charge in [0.05, 0.1) is 13.2 Å². The zero-order chi connectivity index (χ0) is 18.1. The molecule has 2 N–H and O–H groups in total. The van der Waals surface area contributed by atoms with Crippen LogP contribution in [-0.2, 0) is 4.74 Å². The first kappa shape index (κ1) is 16.9. The summed E-state index contributed by atoms with van der Waals surface area (Å²) in [6.45, 7) is 4.59. The van der Waals surface area contributed by atoms with Crippen molar-refractivity contribution in [3.05, 3.63) is 18.2 Å². The Balaban J connectivity index is 1.71. The summed E-state index contributed by atoms with van der Waals surface area (Å²) >= 11 is 0. The summed E-state index contributed by atoms with van der Waals surface area (Å²) in [5.74, 6) is 0.508. The minimum atomic E-state index is -0.602. The Labute approximate surface area is 150 Å². The van der Waals surface area contributed by atoms with Crippen molar-refractivity contribution in [2.24, 2.45) is 5.92 Å². The number of anilines is 2. The number of nitrogens with zero attached hydrogens (tertiary/aromatic N) is 5. The van der Waals surface area contributed by atoms with E-state index in [9.17, 15) is 0 Å². The van der Waals surface area contributed by atoms with Crippen molar-refractivity contribution in [3.63, 3.8) is 0 Å². The Hall–Kier alpha value is -2.55. The van der Waals surface area contributed by atoms with E-state index in [1.807, 2.05) is 4.90 Å². The van der Waals surface area contributed by atoms with Crippen LogP contribution in [0.3, 0.4) is 0 Å². The molecule has 3 heterocycles. The molecule has 8 nitrogen and oxygen atoms in total. The van der Waals surface area contributed by atoms with E-state index in [1.54, 1.807) is 0 Å². The maximum absolute atomic E-state index is 15.0. The average molecular weight is 360 g/mol. The van der Waals surface area contributed by atoms with E-state index in [1.165, 1.54) is 12.4 Å². The van der Waals surface area contributed by atoms with E-state index in [-0.39, 0.29) is 23.6 Å². The van der Waals surface area contributed by atoms with Crippen molar-refractivity contribution < 1.29 is 13.9 Å². The van der Waals surface area contributed by atoms with E-state index in [4.69, 9.17) is 15.2 Å². The molecule has 0 atom stereocenters. The topological polar surface area (TPSA) is 99.3 Å². The highest BCUT2D eigenvalue weighted by atomic mass is 19.1. The van der Waals surface area contributed by atoms with E-state index < -0.39 is 5.82 Å². The molecule has 1 saturated carbocycles. The first-order chi connectivity index (χ1) is 12.6. The second kappa shape index (κ2) is 6.99. The molecule has 0 unspecified atom stereocenters. The van der Waals surface area contributed by atoms with Crippen LogP contribution in [0.2, 0.25) is 0 Å². The molecule has 9 heteroatoms. The molecular weight excluding hydrogens is 339 g/mol. The molecule has 0 radical (unpaired) electrons. The summed E-state index contributed by atoms with van der Waals surface area (Å²) < 4.78 is 26.2. The number of aromatic nitrogens is 4. The van der Waals surface area contributed by atoms with Crippen LogP contribution in [-0.4, -0.2) is 52.3 Å². The minimum absolute atomic E-state index is 0.0116. The molecule has 2 aromatic heterocycles. The Morgan fingerprint density at radius 1 is 1.19 bits per heavy atom. The van der Waals surface area contributed by atoms with Crippen molar-refractivity contribution in [1.82, 2.24) is 19.9 Å². The molecule has 0 aromatic carbocycles. The fourth-order valence-electron chi connectivity index (χ4n) is 3.13. The zero-order valence-electron chi connectivity index (χ0n) is 14.6.